The summed E-state index contributed by atoms with van der Waals surface area (Å²) < 4.78 is 141. The number of rotatable bonds is 8. The van der Waals surface area contributed by atoms with Crippen LogP contribution in [0.1, 0.15) is 20.7 Å². The van der Waals surface area contributed by atoms with Crippen molar-refractivity contribution in [3.63, 3.8) is 0 Å². The van der Waals surface area contributed by atoms with Gasteiger partial charge in [0.05, 0.1) is 31.0 Å². The van der Waals surface area contributed by atoms with E-state index in [9.17, 15) is 61.5 Å². The van der Waals surface area contributed by atoms with Crippen LogP contribution in [0, 0.1) is 0 Å². The zero-order valence-electron chi connectivity index (χ0n) is 27.9. The first-order valence-electron chi connectivity index (χ1n) is 13.0. The fourth-order valence-electron chi connectivity index (χ4n) is 4.73. The first kappa shape index (κ1) is 50.0. The average Bonchev–Trinajstić information content (AvgIpc) is 2.97. The Morgan fingerprint density at radius 3 is 1.09 bits per heavy atom. The minimum atomic E-state index is -5.31. The van der Waals surface area contributed by atoms with Crippen LogP contribution in [0.3, 0.4) is 0 Å². The minimum Gasteiger partial charge on any atom is -0.744 e. The number of benzene rings is 5. The predicted molar refractivity (Wildman–Crippen MR) is 167 cm³/mol. The van der Waals surface area contributed by atoms with Gasteiger partial charge in [0.25, 0.3) is 11.8 Å². The summed E-state index contributed by atoms with van der Waals surface area (Å²) in [5.74, 6) is -2.19. The molecule has 0 aromatic heterocycles. The Hall–Kier alpha value is -1.000. The molecule has 0 saturated heterocycles. The van der Waals surface area contributed by atoms with Crippen LogP contribution >= 0.6 is 0 Å². The average molecular weight is 840 g/mol. The summed E-state index contributed by atoms with van der Waals surface area (Å²) in [5.41, 5.74) is 3.84. The summed E-state index contributed by atoms with van der Waals surface area (Å²) in [6.45, 7) is 0. The summed E-state index contributed by atoms with van der Waals surface area (Å²) in [5, 5.41) is 4.39. The van der Waals surface area contributed by atoms with Gasteiger partial charge < -0.3 is 34.6 Å². The number of nitrogen functional groups attached to an aromatic ring is 1. The molecule has 53 heavy (non-hydrogen) atoms. The Morgan fingerprint density at radius 2 is 0.792 bits per heavy atom. The molecule has 0 spiro atoms. The maximum atomic E-state index is 13.2. The Balaban J connectivity index is 0.00000351. The normalized spacial score (nSPS) is 11.6. The van der Waals surface area contributed by atoms with Gasteiger partial charge in [-0.1, -0.05) is 12.1 Å². The monoisotopic (exact) mass is 839 g/mol. The zero-order valence-corrected chi connectivity index (χ0v) is 39.2. The predicted octanol–water partition coefficient (Wildman–Crippen LogP) is -10.3. The fourth-order valence-corrected chi connectivity index (χ4v) is 7.05. The van der Waals surface area contributed by atoms with Crippen molar-refractivity contribution < 1.29 is 180 Å². The van der Waals surface area contributed by atoms with Gasteiger partial charge >= 0.3 is 118 Å². The molecule has 256 valence electrons. The van der Waals surface area contributed by atoms with E-state index in [0.717, 1.165) is 78.9 Å². The van der Waals surface area contributed by atoms with E-state index in [0.29, 0.717) is 0 Å². The van der Waals surface area contributed by atoms with E-state index in [1.165, 1.54) is 0 Å². The molecule has 0 unspecified atom stereocenters. The Kier molecular flexibility index (Phi) is 17.5. The molecule has 4 N–H and O–H groups in total. The van der Waals surface area contributed by atoms with Crippen molar-refractivity contribution in [1.29, 1.82) is 0 Å². The van der Waals surface area contributed by atoms with E-state index in [2.05, 4.69) is 10.6 Å². The molecule has 0 saturated carbocycles. The second-order valence-electron chi connectivity index (χ2n) is 10.3. The number of nitrogens with two attached hydrogens (primary N) is 1. The summed E-state index contributed by atoms with van der Waals surface area (Å²) >= 11 is 0. The molecule has 5 aromatic carbocycles. The summed E-state index contributed by atoms with van der Waals surface area (Å²) in [7, 11) is -20.5. The summed E-state index contributed by atoms with van der Waals surface area (Å²) in [4.78, 5) is 23.1. The van der Waals surface area contributed by atoms with E-state index in [1.54, 1.807) is 0 Å². The van der Waals surface area contributed by atoms with Crippen LogP contribution in [-0.4, -0.2) is 63.7 Å². The molecule has 5 rings (SSSR count). The molecule has 0 aliphatic rings. The number of hydrogen-bond donors (Lipinski definition) is 3. The Bertz CT molecular complexity index is 2550. The third-order valence-corrected chi connectivity index (χ3v) is 10.3. The van der Waals surface area contributed by atoms with Crippen molar-refractivity contribution in [2.45, 2.75) is 19.6 Å². The quantitative estimate of drug-likeness (QED) is 0.0742. The second kappa shape index (κ2) is 18.5. The van der Waals surface area contributed by atoms with E-state index < -0.39 is 83.2 Å². The molecule has 0 bridgehead atoms. The van der Waals surface area contributed by atoms with Crippen LogP contribution in [0.5, 0.6) is 0 Å². The number of carbonyl (C=O) groups is 2. The van der Waals surface area contributed by atoms with E-state index >= 15 is 0 Å². The van der Waals surface area contributed by atoms with Crippen molar-refractivity contribution in [2.24, 2.45) is 0 Å². The van der Waals surface area contributed by atoms with E-state index in [1.807, 2.05) is 0 Å². The molecule has 17 nitrogen and oxygen atoms in total. The second-order valence-corrected chi connectivity index (χ2v) is 15.7. The van der Waals surface area contributed by atoms with E-state index in [4.69, 9.17) is 5.73 Å². The molecule has 2 amide bonds. The molecule has 0 atom stereocenters. The van der Waals surface area contributed by atoms with Crippen LogP contribution in [0.2, 0.25) is 0 Å². The molecule has 0 heterocycles. The van der Waals surface area contributed by atoms with Crippen molar-refractivity contribution >= 4 is 90.9 Å². The smallest absolute Gasteiger partial charge is 0.744 e. The number of hydrogen-bond acceptors (Lipinski definition) is 15. The maximum Gasteiger partial charge on any atom is 1.00 e. The number of amides is 2. The van der Waals surface area contributed by atoms with Crippen LogP contribution < -0.4 is 135 Å². The summed E-state index contributed by atoms with van der Waals surface area (Å²) in [6.07, 6.45) is 0. The number of nitrogens with one attached hydrogen (secondary N) is 2. The number of fused-ring (bicyclic) bond motifs is 2. The topological polar surface area (TPSA) is 313 Å². The standard InChI is InChI=1S/C28H21N3O14S4.4Na/c29-20-6-18(27(32)30-23-10-14-1-3-21(46(34,35)36)8-16(14)12-25(23)48(40,41)42)5-19(7-20)28(33)31-24-11-15-2-4-22(47(37,38)39)9-17(15)13-26(24)49(43,44)45;;;;/h1-13H,29H2,(H,30,32)(H,31,33)(H,34,35,36)(H,37,38,39)(H,40,41,42)(H,43,44,45);;;;/q;4*+1/p-4. The van der Waals surface area contributed by atoms with Crippen molar-refractivity contribution in [1.82, 2.24) is 0 Å². The van der Waals surface area contributed by atoms with Crippen molar-refractivity contribution in [2.75, 3.05) is 16.4 Å². The van der Waals surface area contributed by atoms with Crippen molar-refractivity contribution in [3.05, 3.63) is 90.0 Å². The SMILES string of the molecule is Nc1cc(C(=O)Nc2cc3ccc(S(=O)(=O)[O-])cc3cc2S(=O)(=O)[O-])cc(C(=O)Nc2cc3ccc(S(=O)(=O)[O-])cc3cc2S(=O)(=O)[O-])c1.[Na+].[Na+].[Na+].[Na+]. The van der Waals surface area contributed by atoms with Gasteiger partial charge in [0.2, 0.25) is 0 Å². The zero-order chi connectivity index (χ0) is 36.3. The van der Waals surface area contributed by atoms with Crippen LogP contribution in [0.25, 0.3) is 21.5 Å². The van der Waals surface area contributed by atoms with Gasteiger partial charge in [-0.2, -0.15) is 0 Å². The van der Waals surface area contributed by atoms with E-state index in [-0.39, 0.29) is 157 Å². The molecule has 5 aromatic rings. The van der Waals surface area contributed by atoms with Gasteiger partial charge in [0.1, 0.15) is 40.5 Å². The molecular formula is C28H17N3Na4O14S4. The van der Waals surface area contributed by atoms with Crippen molar-refractivity contribution in [3.8, 4) is 0 Å². The van der Waals surface area contributed by atoms with Crippen LogP contribution in [0.4, 0.5) is 17.1 Å². The fraction of sp³-hybridized carbons (Fsp3) is 0. The summed E-state index contributed by atoms with van der Waals surface area (Å²) in [6, 6.07) is 12.5. The number of anilines is 3. The van der Waals surface area contributed by atoms with Crippen LogP contribution in [-0.2, 0) is 40.5 Å². The Labute approximate surface area is 391 Å². The Morgan fingerprint density at radius 1 is 0.453 bits per heavy atom. The molecule has 0 aliphatic heterocycles. The van der Waals surface area contributed by atoms with Gasteiger partial charge in [0, 0.05) is 16.8 Å². The third-order valence-electron chi connectivity index (χ3n) is 6.91. The number of carbonyl (C=O) groups excluding carboxylic acids is 2. The largest absolute Gasteiger partial charge is 1.00 e. The van der Waals surface area contributed by atoms with Gasteiger partial charge in [-0.3, -0.25) is 9.59 Å². The maximum absolute atomic E-state index is 13.2. The van der Waals surface area contributed by atoms with Gasteiger partial charge in [-0.25, -0.2) is 33.7 Å². The minimum absolute atomic E-state index is 0. The van der Waals surface area contributed by atoms with Gasteiger partial charge in [-0.05, 0) is 88.3 Å². The first-order chi connectivity index (χ1) is 22.5. The third kappa shape index (κ3) is 12.0. The molecular weight excluding hydrogens is 823 g/mol. The molecule has 0 radical (unpaired) electrons. The van der Waals surface area contributed by atoms with Gasteiger partial charge in [0.15, 0.2) is 0 Å². The molecule has 0 fully saturated rings. The molecule has 25 heteroatoms. The molecule has 0 aliphatic carbocycles. The van der Waals surface area contributed by atoms with Gasteiger partial charge in [-0.15, -0.1) is 0 Å². The van der Waals surface area contributed by atoms with Crippen LogP contribution in [0.15, 0.2) is 98.4 Å². The first-order valence-corrected chi connectivity index (χ1v) is 18.7.